The maximum atomic E-state index is 14.0. The molecule has 2 heterocycles. The highest BCUT2D eigenvalue weighted by Crippen LogP contribution is 2.43. The molecule has 0 bridgehead atoms. The van der Waals surface area contributed by atoms with Crippen LogP contribution in [0.2, 0.25) is 0 Å². The highest BCUT2D eigenvalue weighted by Gasteiger charge is 2.53. The molecule has 3 aromatic carbocycles. The molecule has 4 atom stereocenters. The van der Waals surface area contributed by atoms with Crippen molar-refractivity contribution >= 4 is 28.9 Å². The van der Waals surface area contributed by atoms with E-state index in [1.54, 1.807) is 12.1 Å². The number of hydrogen-bond donors (Lipinski definition) is 0. The zero-order chi connectivity index (χ0) is 36.1. The van der Waals surface area contributed by atoms with Crippen LogP contribution in [0.25, 0.3) is 11.0 Å². The molecule has 262 valence electrons. The Kier molecular flexibility index (Phi) is 10.5. The number of carbonyl (C=O) groups excluding carboxylic acids is 3. The van der Waals surface area contributed by atoms with Crippen LogP contribution in [0.5, 0.6) is 5.75 Å². The molecule has 0 unspecified atom stereocenters. The molecular formula is C40H36O11. The van der Waals surface area contributed by atoms with Gasteiger partial charge in [-0.15, -0.1) is 0 Å². The SMILES string of the molecule is CC(=O)O[C@H]1[C@H](OC(C)=O)[C@@H](Oc2ccc3oc(CCc4ccccc4)cc(=O)c3c2)c2c(oc(CCc3ccccc3)cc2=O)[C@@H]1OC(C)=O. The summed E-state index contributed by atoms with van der Waals surface area (Å²) >= 11 is 0. The summed E-state index contributed by atoms with van der Waals surface area (Å²) in [6.07, 6.45) is -3.72. The minimum absolute atomic E-state index is 0.0947. The van der Waals surface area contributed by atoms with Gasteiger partial charge in [0.2, 0.25) is 6.10 Å². The fourth-order valence-corrected chi connectivity index (χ4v) is 6.26. The van der Waals surface area contributed by atoms with E-state index < -0.39 is 47.8 Å². The zero-order valence-corrected chi connectivity index (χ0v) is 28.3. The van der Waals surface area contributed by atoms with Gasteiger partial charge in [-0.1, -0.05) is 60.7 Å². The van der Waals surface area contributed by atoms with Crippen LogP contribution >= 0.6 is 0 Å². The monoisotopic (exact) mass is 692 g/mol. The van der Waals surface area contributed by atoms with Crippen molar-refractivity contribution < 1.29 is 42.2 Å². The normalized spacial score (nSPS) is 18.0. The number of fused-ring (bicyclic) bond motifs is 2. The van der Waals surface area contributed by atoms with E-state index in [1.165, 1.54) is 18.2 Å². The quantitative estimate of drug-likeness (QED) is 0.120. The Balaban J connectivity index is 1.40. The van der Waals surface area contributed by atoms with Gasteiger partial charge in [0.1, 0.15) is 22.9 Å². The lowest BCUT2D eigenvalue weighted by Gasteiger charge is -2.40. The molecule has 11 nitrogen and oxygen atoms in total. The highest BCUT2D eigenvalue weighted by atomic mass is 16.6. The predicted molar refractivity (Wildman–Crippen MR) is 184 cm³/mol. The summed E-state index contributed by atoms with van der Waals surface area (Å²) in [4.78, 5) is 64.5. The average Bonchev–Trinajstić information content (AvgIpc) is 3.10. The van der Waals surface area contributed by atoms with Crippen LogP contribution in [0.3, 0.4) is 0 Å². The largest absolute Gasteiger partial charge is 0.481 e. The summed E-state index contributed by atoms with van der Waals surface area (Å²) in [6, 6.07) is 26.7. The van der Waals surface area contributed by atoms with Crippen molar-refractivity contribution in [2.75, 3.05) is 0 Å². The Labute approximate surface area is 292 Å². The lowest BCUT2D eigenvalue weighted by atomic mass is 9.86. The van der Waals surface area contributed by atoms with Gasteiger partial charge < -0.3 is 27.8 Å². The summed E-state index contributed by atoms with van der Waals surface area (Å²) in [5, 5.41) is 0.216. The molecule has 11 heteroatoms. The van der Waals surface area contributed by atoms with Crippen LogP contribution < -0.4 is 15.6 Å². The van der Waals surface area contributed by atoms with Crippen LogP contribution in [-0.2, 0) is 54.3 Å². The first kappa shape index (κ1) is 34.9. The molecule has 0 N–H and O–H groups in total. The summed E-state index contributed by atoms with van der Waals surface area (Å²) < 4.78 is 35.5. The topological polar surface area (TPSA) is 149 Å². The molecule has 0 saturated heterocycles. The average molecular weight is 693 g/mol. The van der Waals surface area contributed by atoms with E-state index in [9.17, 15) is 24.0 Å². The van der Waals surface area contributed by atoms with Gasteiger partial charge in [0.05, 0.1) is 10.9 Å². The predicted octanol–water partition coefficient (Wildman–Crippen LogP) is 5.92. The lowest BCUT2D eigenvalue weighted by molar-refractivity contribution is -0.199. The molecule has 5 aromatic rings. The molecule has 0 radical (unpaired) electrons. The van der Waals surface area contributed by atoms with Crippen LogP contribution in [-0.4, -0.2) is 30.1 Å². The first-order chi connectivity index (χ1) is 24.5. The van der Waals surface area contributed by atoms with Gasteiger partial charge in [0.15, 0.2) is 34.9 Å². The van der Waals surface area contributed by atoms with Gasteiger partial charge in [-0.2, -0.15) is 0 Å². The third kappa shape index (κ3) is 8.26. The van der Waals surface area contributed by atoms with Crippen molar-refractivity contribution in [1.29, 1.82) is 0 Å². The fraction of sp³-hybridized carbons (Fsp3) is 0.275. The Bertz CT molecular complexity index is 2170. The first-order valence-corrected chi connectivity index (χ1v) is 16.6. The molecule has 0 saturated carbocycles. The van der Waals surface area contributed by atoms with Gasteiger partial charge in [-0.3, -0.25) is 24.0 Å². The van der Waals surface area contributed by atoms with Crippen LogP contribution in [0.15, 0.2) is 109 Å². The van der Waals surface area contributed by atoms with E-state index in [-0.39, 0.29) is 33.6 Å². The van der Waals surface area contributed by atoms with Crippen molar-refractivity contribution in [2.45, 2.75) is 70.9 Å². The van der Waals surface area contributed by atoms with Gasteiger partial charge in [-0.05, 0) is 42.2 Å². The third-order valence-electron chi connectivity index (χ3n) is 8.44. The summed E-state index contributed by atoms with van der Waals surface area (Å²) in [5.74, 6) is -1.48. The maximum absolute atomic E-state index is 14.0. The second kappa shape index (κ2) is 15.3. The minimum atomic E-state index is -1.46. The molecule has 0 spiro atoms. The van der Waals surface area contributed by atoms with Gasteiger partial charge in [-0.25, -0.2) is 0 Å². The lowest BCUT2D eigenvalue weighted by Crippen LogP contribution is -2.51. The van der Waals surface area contributed by atoms with E-state index in [0.29, 0.717) is 37.0 Å². The number of carbonyl (C=O) groups is 3. The molecule has 0 amide bonds. The standard InChI is InChI=1S/C40H36O11/c1-23(41)46-38-36(50-28-18-19-34-31(20-28)32(44)21-29(49-34)16-14-26-10-6-4-7-11-26)35-33(45)22-30(17-15-27-12-8-5-9-13-27)51-37(35)39(47-24(2)42)40(38)48-25(3)43/h4-13,18-22,36,38-40H,14-17H2,1-3H3/t36-,38+,39-,40-/m0/s1. The maximum Gasteiger partial charge on any atom is 0.303 e. The van der Waals surface area contributed by atoms with Gasteiger partial charge >= 0.3 is 17.9 Å². The molecule has 1 aliphatic carbocycles. The van der Waals surface area contributed by atoms with Crippen molar-refractivity contribution in [2.24, 2.45) is 0 Å². The summed E-state index contributed by atoms with van der Waals surface area (Å²) in [5.41, 5.74) is 1.50. The van der Waals surface area contributed by atoms with E-state index >= 15 is 0 Å². The van der Waals surface area contributed by atoms with E-state index in [0.717, 1.165) is 31.9 Å². The summed E-state index contributed by atoms with van der Waals surface area (Å²) in [7, 11) is 0. The van der Waals surface area contributed by atoms with Crippen LogP contribution in [0.1, 0.15) is 67.0 Å². The summed E-state index contributed by atoms with van der Waals surface area (Å²) in [6.45, 7) is 3.44. The number of esters is 3. The Morgan fingerprint density at radius 3 is 1.69 bits per heavy atom. The van der Waals surface area contributed by atoms with E-state index in [4.69, 9.17) is 27.8 Å². The first-order valence-electron chi connectivity index (χ1n) is 16.6. The molecule has 0 aliphatic heterocycles. The fourth-order valence-electron chi connectivity index (χ4n) is 6.26. The number of hydrogen-bond acceptors (Lipinski definition) is 11. The molecular weight excluding hydrogens is 656 g/mol. The Morgan fingerprint density at radius 2 is 1.12 bits per heavy atom. The van der Waals surface area contributed by atoms with E-state index in [2.05, 4.69) is 0 Å². The van der Waals surface area contributed by atoms with Crippen molar-refractivity contribution in [1.82, 2.24) is 0 Å². The van der Waals surface area contributed by atoms with Crippen LogP contribution in [0, 0.1) is 0 Å². The van der Waals surface area contributed by atoms with Gasteiger partial charge in [0, 0.05) is 45.7 Å². The van der Waals surface area contributed by atoms with E-state index in [1.807, 2.05) is 60.7 Å². The number of aryl methyl sites for hydroxylation is 4. The minimum Gasteiger partial charge on any atom is -0.481 e. The molecule has 1 aliphatic rings. The van der Waals surface area contributed by atoms with Crippen molar-refractivity contribution in [3.05, 3.63) is 145 Å². The van der Waals surface area contributed by atoms with Crippen LogP contribution in [0.4, 0.5) is 0 Å². The molecule has 0 fully saturated rings. The zero-order valence-electron chi connectivity index (χ0n) is 28.3. The Hall–Kier alpha value is -5.97. The highest BCUT2D eigenvalue weighted by molar-refractivity contribution is 5.78. The Morgan fingerprint density at radius 1 is 0.588 bits per heavy atom. The number of benzene rings is 3. The van der Waals surface area contributed by atoms with Gasteiger partial charge in [0.25, 0.3) is 0 Å². The second-order valence-corrected chi connectivity index (χ2v) is 12.3. The second-order valence-electron chi connectivity index (χ2n) is 12.3. The molecule has 2 aromatic heterocycles. The molecule has 6 rings (SSSR count). The van der Waals surface area contributed by atoms with Crippen molar-refractivity contribution in [3.63, 3.8) is 0 Å². The molecule has 51 heavy (non-hydrogen) atoms. The number of rotatable bonds is 11. The third-order valence-corrected chi connectivity index (χ3v) is 8.44. The smallest absolute Gasteiger partial charge is 0.303 e. The number of ether oxygens (including phenoxy) is 4. The van der Waals surface area contributed by atoms with Crippen molar-refractivity contribution in [3.8, 4) is 5.75 Å².